The molecule has 1 aromatic heterocycles. The van der Waals surface area contributed by atoms with Crippen LogP contribution in [0.25, 0.3) is 16.9 Å². The summed E-state index contributed by atoms with van der Waals surface area (Å²) >= 11 is 0. The zero-order valence-corrected chi connectivity index (χ0v) is 15.4. The van der Waals surface area contributed by atoms with E-state index in [-0.39, 0.29) is 0 Å². The molecule has 0 bridgehead atoms. The largest absolute Gasteiger partial charge is 0.314 e. The van der Waals surface area contributed by atoms with Crippen molar-refractivity contribution in [2.45, 2.75) is 46.5 Å². The maximum absolute atomic E-state index is 2.34. The van der Waals surface area contributed by atoms with Crippen LogP contribution < -0.4 is 0 Å². The Bertz CT molecular complexity index is 802. The van der Waals surface area contributed by atoms with Crippen LogP contribution in [-0.4, -0.2) is 4.57 Å². The second kappa shape index (κ2) is 6.68. The second-order valence-electron chi connectivity index (χ2n) is 7.22. The van der Waals surface area contributed by atoms with Gasteiger partial charge >= 0.3 is 0 Å². The van der Waals surface area contributed by atoms with Gasteiger partial charge in [0, 0.05) is 11.4 Å². The molecular weight excluding hydrogens is 290 g/mol. The van der Waals surface area contributed by atoms with Crippen molar-refractivity contribution in [3.8, 4) is 16.9 Å². The molecule has 3 aromatic rings. The van der Waals surface area contributed by atoms with Gasteiger partial charge in [-0.15, -0.1) is 0 Å². The number of aromatic nitrogens is 1. The Morgan fingerprint density at radius 2 is 1.12 bits per heavy atom. The number of aryl methyl sites for hydroxylation is 1. The van der Waals surface area contributed by atoms with Crippen LogP contribution in [0.3, 0.4) is 0 Å². The summed E-state index contributed by atoms with van der Waals surface area (Å²) in [6.07, 6.45) is 0. The normalized spacial score (nSPS) is 11.5. The smallest absolute Gasteiger partial charge is 0.0531 e. The Morgan fingerprint density at radius 3 is 1.62 bits per heavy atom. The molecule has 0 fully saturated rings. The molecule has 24 heavy (non-hydrogen) atoms. The summed E-state index contributed by atoms with van der Waals surface area (Å²) in [4.78, 5) is 0. The molecule has 0 N–H and O–H groups in total. The summed E-state index contributed by atoms with van der Waals surface area (Å²) < 4.78 is 2.34. The van der Waals surface area contributed by atoms with Crippen LogP contribution in [0.4, 0.5) is 0 Å². The lowest BCUT2D eigenvalue weighted by molar-refractivity contribution is 0.864. The van der Waals surface area contributed by atoms with Gasteiger partial charge < -0.3 is 4.57 Å². The quantitative estimate of drug-likeness (QED) is 0.504. The summed E-state index contributed by atoms with van der Waals surface area (Å²) in [5.41, 5.74) is 7.77. The van der Waals surface area contributed by atoms with Gasteiger partial charge in [-0.2, -0.15) is 0 Å². The van der Waals surface area contributed by atoms with E-state index in [0.29, 0.717) is 11.8 Å². The first-order valence-corrected chi connectivity index (χ1v) is 8.86. The molecule has 0 unspecified atom stereocenters. The highest BCUT2D eigenvalue weighted by Crippen LogP contribution is 2.28. The van der Waals surface area contributed by atoms with Gasteiger partial charge in [-0.25, -0.2) is 0 Å². The first-order valence-electron chi connectivity index (χ1n) is 8.86. The van der Waals surface area contributed by atoms with E-state index in [1.807, 2.05) is 0 Å². The molecule has 0 amide bonds. The molecule has 0 spiro atoms. The molecule has 0 aliphatic heterocycles. The van der Waals surface area contributed by atoms with E-state index in [2.05, 4.69) is 99.8 Å². The SMILES string of the molecule is Cc1ccc(-c2ccc(C(C)C)cc2)n1-c1ccc(C(C)C)cc1. The minimum Gasteiger partial charge on any atom is -0.314 e. The molecule has 0 saturated carbocycles. The maximum Gasteiger partial charge on any atom is 0.0531 e. The number of rotatable bonds is 4. The number of nitrogens with zero attached hydrogens (tertiary/aromatic N) is 1. The van der Waals surface area contributed by atoms with Crippen molar-refractivity contribution in [2.24, 2.45) is 0 Å². The third-order valence-electron chi connectivity index (χ3n) is 4.77. The summed E-state index contributed by atoms with van der Waals surface area (Å²) in [6, 6.07) is 22.3. The lowest BCUT2D eigenvalue weighted by atomic mass is 10.0. The Hall–Kier alpha value is -2.28. The van der Waals surface area contributed by atoms with Crippen molar-refractivity contribution in [1.82, 2.24) is 4.57 Å². The van der Waals surface area contributed by atoms with Crippen LogP contribution in [0.15, 0.2) is 60.7 Å². The standard InChI is InChI=1S/C23H27N/c1-16(2)19-7-9-21(10-8-19)23-15-6-18(5)24(23)22-13-11-20(12-14-22)17(3)4/h6-17H,1-5H3. The van der Waals surface area contributed by atoms with Crippen molar-refractivity contribution in [1.29, 1.82) is 0 Å². The number of benzene rings is 2. The summed E-state index contributed by atoms with van der Waals surface area (Å²) in [7, 11) is 0. The van der Waals surface area contributed by atoms with Gasteiger partial charge in [-0.3, -0.25) is 0 Å². The topological polar surface area (TPSA) is 4.93 Å². The van der Waals surface area contributed by atoms with Crippen LogP contribution in [0.1, 0.15) is 56.4 Å². The van der Waals surface area contributed by atoms with Gasteiger partial charge in [0.2, 0.25) is 0 Å². The van der Waals surface area contributed by atoms with Crippen molar-refractivity contribution in [3.63, 3.8) is 0 Å². The molecule has 0 atom stereocenters. The molecule has 0 aliphatic carbocycles. The zero-order valence-electron chi connectivity index (χ0n) is 15.4. The first kappa shape index (κ1) is 16.6. The highest BCUT2D eigenvalue weighted by molar-refractivity contribution is 5.64. The first-order chi connectivity index (χ1) is 11.5. The zero-order chi connectivity index (χ0) is 17.3. The lowest BCUT2D eigenvalue weighted by Crippen LogP contribution is -2.00. The Balaban J connectivity index is 2.02. The van der Waals surface area contributed by atoms with E-state index in [0.717, 1.165) is 0 Å². The van der Waals surface area contributed by atoms with Gasteiger partial charge in [0.05, 0.1) is 5.69 Å². The van der Waals surface area contributed by atoms with Crippen molar-refractivity contribution in [2.75, 3.05) is 0 Å². The summed E-state index contributed by atoms with van der Waals surface area (Å²) in [5.74, 6) is 1.13. The van der Waals surface area contributed by atoms with E-state index >= 15 is 0 Å². The maximum atomic E-state index is 2.34. The average molecular weight is 317 g/mol. The van der Waals surface area contributed by atoms with Gasteiger partial charge in [-0.05, 0) is 59.7 Å². The van der Waals surface area contributed by atoms with Gasteiger partial charge in [0.25, 0.3) is 0 Å². The van der Waals surface area contributed by atoms with E-state index < -0.39 is 0 Å². The van der Waals surface area contributed by atoms with E-state index in [1.165, 1.54) is 33.8 Å². The third kappa shape index (κ3) is 3.17. The van der Waals surface area contributed by atoms with Crippen LogP contribution in [0.5, 0.6) is 0 Å². The minimum atomic E-state index is 0.563. The third-order valence-corrected chi connectivity index (χ3v) is 4.77. The molecule has 0 radical (unpaired) electrons. The molecule has 124 valence electrons. The van der Waals surface area contributed by atoms with Gasteiger partial charge in [0.1, 0.15) is 0 Å². The lowest BCUT2D eigenvalue weighted by Gasteiger charge is -2.14. The van der Waals surface area contributed by atoms with Crippen molar-refractivity contribution >= 4 is 0 Å². The fraction of sp³-hybridized carbons (Fsp3) is 0.304. The van der Waals surface area contributed by atoms with Crippen LogP contribution in [-0.2, 0) is 0 Å². The molecule has 1 nitrogen and oxygen atoms in total. The van der Waals surface area contributed by atoms with Crippen LogP contribution in [0.2, 0.25) is 0 Å². The molecule has 2 aromatic carbocycles. The molecule has 0 aliphatic rings. The predicted octanol–water partition coefficient (Wildman–Crippen LogP) is 6.70. The highest BCUT2D eigenvalue weighted by atomic mass is 15.0. The molecule has 3 rings (SSSR count). The molecule has 1 heterocycles. The second-order valence-corrected chi connectivity index (χ2v) is 7.22. The Morgan fingerprint density at radius 1 is 0.625 bits per heavy atom. The monoisotopic (exact) mass is 317 g/mol. The van der Waals surface area contributed by atoms with Crippen molar-refractivity contribution < 1.29 is 0 Å². The average Bonchev–Trinajstić information content (AvgIpc) is 2.96. The number of hydrogen-bond acceptors (Lipinski definition) is 0. The fourth-order valence-corrected chi connectivity index (χ4v) is 3.15. The predicted molar refractivity (Wildman–Crippen MR) is 104 cm³/mol. The van der Waals surface area contributed by atoms with E-state index in [4.69, 9.17) is 0 Å². The fourth-order valence-electron chi connectivity index (χ4n) is 3.15. The highest BCUT2D eigenvalue weighted by Gasteiger charge is 2.10. The van der Waals surface area contributed by atoms with Crippen molar-refractivity contribution in [3.05, 3.63) is 77.5 Å². The molecule has 0 saturated heterocycles. The van der Waals surface area contributed by atoms with Gasteiger partial charge in [0.15, 0.2) is 0 Å². The number of hydrogen-bond donors (Lipinski definition) is 0. The minimum absolute atomic E-state index is 0.563. The Labute approximate surface area is 146 Å². The van der Waals surface area contributed by atoms with Gasteiger partial charge in [-0.1, -0.05) is 64.1 Å². The molecular formula is C23H27N. The van der Waals surface area contributed by atoms with E-state index in [1.54, 1.807) is 0 Å². The van der Waals surface area contributed by atoms with Crippen LogP contribution >= 0.6 is 0 Å². The summed E-state index contributed by atoms with van der Waals surface area (Å²) in [6.45, 7) is 11.1. The summed E-state index contributed by atoms with van der Waals surface area (Å²) in [5, 5.41) is 0. The Kier molecular flexibility index (Phi) is 4.62. The van der Waals surface area contributed by atoms with E-state index in [9.17, 15) is 0 Å². The van der Waals surface area contributed by atoms with Crippen LogP contribution in [0, 0.1) is 6.92 Å². The molecule has 1 heteroatoms.